The Morgan fingerprint density at radius 1 is 1.32 bits per heavy atom. The highest BCUT2D eigenvalue weighted by molar-refractivity contribution is 5.92. The first kappa shape index (κ1) is 16.8. The molecule has 0 radical (unpaired) electrons. The van der Waals surface area contributed by atoms with Crippen molar-refractivity contribution in [1.82, 2.24) is 4.90 Å². The van der Waals surface area contributed by atoms with Gasteiger partial charge in [-0.25, -0.2) is 0 Å². The van der Waals surface area contributed by atoms with E-state index in [-0.39, 0.29) is 25.5 Å². The second-order valence-corrected chi connectivity index (χ2v) is 5.67. The number of carbonyl (C=O) groups is 1. The minimum Gasteiger partial charge on any atom is -0.380 e. The largest absolute Gasteiger partial charge is 0.417 e. The van der Waals surface area contributed by atoms with Gasteiger partial charge in [-0.15, -0.1) is 0 Å². The number of hydrogen-bond donors (Lipinski definition) is 2. The lowest BCUT2D eigenvalue weighted by atomic mass is 9.91. The molecule has 0 aliphatic carbocycles. The van der Waals surface area contributed by atoms with Gasteiger partial charge in [-0.05, 0) is 31.4 Å². The number of likely N-dealkylation sites (tertiary alicyclic amines) is 1. The Labute approximate surface area is 126 Å². The van der Waals surface area contributed by atoms with Crippen LogP contribution in [0.25, 0.3) is 0 Å². The highest BCUT2D eigenvalue weighted by Gasteiger charge is 2.54. The van der Waals surface area contributed by atoms with Crippen molar-refractivity contribution in [3.8, 4) is 0 Å². The van der Waals surface area contributed by atoms with Crippen LogP contribution in [0.4, 0.5) is 18.9 Å². The summed E-state index contributed by atoms with van der Waals surface area (Å²) in [5.74, 6) is -0.272. The van der Waals surface area contributed by atoms with Crippen LogP contribution in [0.5, 0.6) is 0 Å². The van der Waals surface area contributed by atoms with E-state index in [4.69, 9.17) is 0 Å². The van der Waals surface area contributed by atoms with Gasteiger partial charge < -0.3 is 10.4 Å². The van der Waals surface area contributed by atoms with Crippen molar-refractivity contribution in [2.45, 2.75) is 31.5 Å². The summed E-state index contributed by atoms with van der Waals surface area (Å²) in [6.07, 6.45) is -5.44. The third kappa shape index (κ3) is 3.78. The monoisotopic (exact) mass is 316 g/mol. The van der Waals surface area contributed by atoms with E-state index in [9.17, 15) is 23.1 Å². The molecule has 1 aromatic carbocycles. The average molecular weight is 316 g/mol. The lowest BCUT2D eigenvalue weighted by Crippen LogP contribution is -2.54. The van der Waals surface area contributed by atoms with Crippen molar-refractivity contribution < 1.29 is 23.1 Å². The molecule has 7 heteroatoms. The van der Waals surface area contributed by atoms with Gasteiger partial charge in [0.25, 0.3) is 0 Å². The molecule has 1 fully saturated rings. The maximum Gasteiger partial charge on any atom is 0.417 e. The van der Waals surface area contributed by atoms with Gasteiger partial charge in [-0.2, -0.15) is 13.2 Å². The SMILES string of the molecule is Cc1ccccc1NC(=O)CN1CCC(O)(C(F)(F)F)CC1. The molecular weight excluding hydrogens is 297 g/mol. The molecule has 1 aromatic rings. The van der Waals surface area contributed by atoms with Gasteiger partial charge in [0.15, 0.2) is 5.60 Å². The highest BCUT2D eigenvalue weighted by atomic mass is 19.4. The maximum atomic E-state index is 12.7. The van der Waals surface area contributed by atoms with Crippen LogP contribution >= 0.6 is 0 Å². The predicted molar refractivity (Wildman–Crippen MR) is 76.5 cm³/mol. The highest BCUT2D eigenvalue weighted by Crippen LogP contribution is 2.38. The maximum absolute atomic E-state index is 12.7. The standard InChI is InChI=1S/C15H19F3N2O2/c1-11-4-2-3-5-12(11)19-13(21)10-20-8-6-14(22,7-9-20)15(16,17)18/h2-5,22H,6-10H2,1H3,(H,19,21). The van der Waals surface area contributed by atoms with E-state index in [0.717, 1.165) is 5.56 Å². The number of benzene rings is 1. The second-order valence-electron chi connectivity index (χ2n) is 5.67. The molecule has 1 saturated heterocycles. The van der Waals surface area contributed by atoms with E-state index in [1.165, 1.54) is 0 Å². The van der Waals surface area contributed by atoms with Crippen molar-refractivity contribution in [3.63, 3.8) is 0 Å². The lowest BCUT2D eigenvalue weighted by Gasteiger charge is -2.38. The van der Waals surface area contributed by atoms with E-state index in [0.29, 0.717) is 5.69 Å². The van der Waals surface area contributed by atoms with Crippen molar-refractivity contribution in [3.05, 3.63) is 29.8 Å². The summed E-state index contributed by atoms with van der Waals surface area (Å²) >= 11 is 0. The number of aliphatic hydroxyl groups is 1. The molecule has 22 heavy (non-hydrogen) atoms. The third-order valence-electron chi connectivity index (χ3n) is 4.00. The second kappa shape index (κ2) is 6.26. The number of alkyl halides is 3. The number of amides is 1. The number of para-hydroxylation sites is 1. The molecule has 2 rings (SSSR count). The van der Waals surface area contributed by atoms with Crippen LogP contribution in [0.15, 0.2) is 24.3 Å². The molecule has 0 saturated carbocycles. The van der Waals surface area contributed by atoms with E-state index in [1.54, 1.807) is 17.0 Å². The first-order chi connectivity index (χ1) is 10.2. The summed E-state index contributed by atoms with van der Waals surface area (Å²) in [6, 6.07) is 7.28. The fourth-order valence-electron chi connectivity index (χ4n) is 2.47. The molecule has 0 bridgehead atoms. The van der Waals surface area contributed by atoms with Crippen molar-refractivity contribution in [1.29, 1.82) is 0 Å². The quantitative estimate of drug-likeness (QED) is 0.900. The first-order valence-corrected chi connectivity index (χ1v) is 7.08. The minimum atomic E-state index is -4.62. The molecule has 4 nitrogen and oxygen atoms in total. The van der Waals surface area contributed by atoms with E-state index >= 15 is 0 Å². The van der Waals surface area contributed by atoms with Gasteiger partial charge in [-0.3, -0.25) is 9.69 Å². The smallest absolute Gasteiger partial charge is 0.380 e. The Kier molecular flexibility index (Phi) is 4.77. The van der Waals surface area contributed by atoms with Gasteiger partial charge in [0.2, 0.25) is 5.91 Å². The van der Waals surface area contributed by atoms with Crippen LogP contribution in [0.1, 0.15) is 18.4 Å². The molecule has 1 amide bonds. The van der Waals surface area contributed by atoms with Gasteiger partial charge >= 0.3 is 6.18 Å². The van der Waals surface area contributed by atoms with Crippen LogP contribution in [0.2, 0.25) is 0 Å². The number of carbonyl (C=O) groups excluding carboxylic acids is 1. The average Bonchev–Trinajstić information content (AvgIpc) is 2.43. The van der Waals surface area contributed by atoms with Gasteiger partial charge in [-0.1, -0.05) is 18.2 Å². The number of rotatable bonds is 3. The number of hydrogen-bond acceptors (Lipinski definition) is 3. The molecule has 1 aliphatic rings. The molecule has 0 atom stereocenters. The summed E-state index contributed by atoms with van der Waals surface area (Å²) in [6.45, 7) is 1.95. The Bertz CT molecular complexity index is 538. The number of aryl methyl sites for hydroxylation is 1. The van der Waals surface area contributed by atoms with Crippen LogP contribution in [-0.4, -0.2) is 47.3 Å². The first-order valence-electron chi connectivity index (χ1n) is 7.08. The van der Waals surface area contributed by atoms with Crippen molar-refractivity contribution in [2.24, 2.45) is 0 Å². The molecular formula is C15H19F3N2O2. The van der Waals surface area contributed by atoms with Gasteiger partial charge in [0.05, 0.1) is 6.54 Å². The molecule has 1 aliphatic heterocycles. The molecule has 0 unspecified atom stereocenters. The van der Waals surface area contributed by atoms with E-state index in [2.05, 4.69) is 5.32 Å². The molecule has 122 valence electrons. The summed E-state index contributed by atoms with van der Waals surface area (Å²) < 4.78 is 38.1. The zero-order valence-corrected chi connectivity index (χ0v) is 12.3. The number of nitrogens with zero attached hydrogens (tertiary/aromatic N) is 1. The fraction of sp³-hybridized carbons (Fsp3) is 0.533. The Morgan fingerprint density at radius 3 is 2.45 bits per heavy atom. The molecule has 0 aromatic heterocycles. The number of anilines is 1. The third-order valence-corrected chi connectivity index (χ3v) is 4.00. The number of piperidine rings is 1. The summed E-state index contributed by atoms with van der Waals surface area (Å²) in [5, 5.41) is 12.3. The Balaban J connectivity index is 1.86. The summed E-state index contributed by atoms with van der Waals surface area (Å²) in [5.41, 5.74) is -1.02. The minimum absolute atomic E-state index is 0.0161. The van der Waals surface area contributed by atoms with Crippen LogP contribution in [0.3, 0.4) is 0 Å². The van der Waals surface area contributed by atoms with Crippen molar-refractivity contribution in [2.75, 3.05) is 25.0 Å². The molecule has 0 spiro atoms. The zero-order chi connectivity index (χ0) is 16.4. The van der Waals surface area contributed by atoms with Crippen LogP contribution in [0, 0.1) is 6.92 Å². The van der Waals surface area contributed by atoms with E-state index in [1.807, 2.05) is 19.1 Å². The number of halogens is 3. The lowest BCUT2D eigenvalue weighted by molar-refractivity contribution is -0.272. The van der Waals surface area contributed by atoms with Crippen molar-refractivity contribution >= 4 is 11.6 Å². The van der Waals surface area contributed by atoms with Gasteiger partial charge in [0, 0.05) is 18.8 Å². The Hall–Kier alpha value is -1.60. The Morgan fingerprint density at radius 2 is 1.91 bits per heavy atom. The summed E-state index contributed by atoms with van der Waals surface area (Å²) in [7, 11) is 0. The summed E-state index contributed by atoms with van der Waals surface area (Å²) in [4.78, 5) is 13.6. The van der Waals surface area contributed by atoms with Gasteiger partial charge in [0.1, 0.15) is 0 Å². The zero-order valence-electron chi connectivity index (χ0n) is 12.3. The fourth-order valence-corrected chi connectivity index (χ4v) is 2.47. The molecule has 1 heterocycles. The van der Waals surface area contributed by atoms with Crippen LogP contribution < -0.4 is 5.32 Å². The molecule has 2 N–H and O–H groups in total. The predicted octanol–water partition coefficient (Wildman–Crippen LogP) is 2.32. The number of nitrogens with one attached hydrogen (secondary N) is 1. The van der Waals surface area contributed by atoms with Crippen LogP contribution in [-0.2, 0) is 4.79 Å². The topological polar surface area (TPSA) is 52.6 Å². The normalized spacial score (nSPS) is 19.0. The van der Waals surface area contributed by atoms with E-state index < -0.39 is 24.6 Å².